The van der Waals surface area contributed by atoms with Crippen molar-refractivity contribution in [3.8, 4) is 0 Å². The molecule has 0 aromatic carbocycles. The van der Waals surface area contributed by atoms with Crippen molar-refractivity contribution in [3.05, 3.63) is 6.20 Å². The van der Waals surface area contributed by atoms with E-state index in [1.165, 1.54) is 18.6 Å². The number of aromatic nitrogens is 4. The van der Waals surface area contributed by atoms with Gasteiger partial charge in [0, 0.05) is 11.8 Å². The average Bonchev–Trinajstić information content (AvgIpc) is 2.88. The number of nitrogens with two attached hydrogens (primary N) is 1. The molecule has 0 bridgehead atoms. The van der Waals surface area contributed by atoms with E-state index < -0.39 is 0 Å². The van der Waals surface area contributed by atoms with Crippen LogP contribution in [0.1, 0.15) is 12.8 Å². The molecule has 0 aliphatic carbocycles. The Morgan fingerprint density at radius 2 is 2.39 bits per heavy atom. The van der Waals surface area contributed by atoms with Crippen molar-refractivity contribution in [3.63, 3.8) is 0 Å². The molecule has 0 spiro atoms. The Bertz CT molecular complexity index is 534. The van der Waals surface area contributed by atoms with Gasteiger partial charge in [0.1, 0.15) is 5.82 Å². The van der Waals surface area contributed by atoms with Gasteiger partial charge in [-0.15, -0.1) is 0 Å². The summed E-state index contributed by atoms with van der Waals surface area (Å²) in [6.45, 7) is 0. The number of hydrogen-bond donors (Lipinski definition) is 4. The molecule has 2 aromatic heterocycles. The molecule has 7 nitrogen and oxygen atoms in total. The summed E-state index contributed by atoms with van der Waals surface area (Å²) >= 11 is 1.97. The molecule has 8 heteroatoms. The molecule has 1 fully saturated rings. The highest BCUT2D eigenvalue weighted by Gasteiger charge is 2.16. The van der Waals surface area contributed by atoms with E-state index in [0.29, 0.717) is 17.6 Å². The Morgan fingerprint density at radius 1 is 1.44 bits per heavy atom. The van der Waals surface area contributed by atoms with Gasteiger partial charge in [-0.2, -0.15) is 26.8 Å². The molecule has 1 atom stereocenters. The van der Waals surface area contributed by atoms with Crippen LogP contribution in [0.3, 0.4) is 0 Å². The Hall–Kier alpha value is -1.54. The van der Waals surface area contributed by atoms with E-state index in [1.807, 2.05) is 11.8 Å². The van der Waals surface area contributed by atoms with Crippen molar-refractivity contribution in [1.29, 1.82) is 0 Å². The zero-order valence-corrected chi connectivity index (χ0v) is 10.6. The molecule has 18 heavy (non-hydrogen) atoms. The SMILES string of the molecule is NNc1nc(NC2CCCSC2)c2cn[nH]c2n1. The molecular formula is C10H15N7S. The monoisotopic (exact) mass is 265 g/mol. The zero-order valence-electron chi connectivity index (χ0n) is 9.81. The van der Waals surface area contributed by atoms with E-state index in [4.69, 9.17) is 5.84 Å². The fourth-order valence-electron chi connectivity index (χ4n) is 2.06. The summed E-state index contributed by atoms with van der Waals surface area (Å²) in [5, 5.41) is 11.2. The van der Waals surface area contributed by atoms with Gasteiger partial charge in [-0.1, -0.05) is 0 Å². The average molecular weight is 265 g/mol. The molecule has 3 heterocycles. The third kappa shape index (κ3) is 2.21. The van der Waals surface area contributed by atoms with Crippen molar-refractivity contribution >= 4 is 34.6 Å². The minimum Gasteiger partial charge on any atom is -0.366 e. The molecule has 1 saturated heterocycles. The lowest BCUT2D eigenvalue weighted by atomic mass is 10.2. The number of H-pyrrole nitrogens is 1. The minimum atomic E-state index is 0.387. The van der Waals surface area contributed by atoms with Gasteiger partial charge in [0.2, 0.25) is 5.95 Å². The van der Waals surface area contributed by atoms with Gasteiger partial charge >= 0.3 is 0 Å². The van der Waals surface area contributed by atoms with Crippen LogP contribution < -0.4 is 16.6 Å². The topological polar surface area (TPSA) is 105 Å². The van der Waals surface area contributed by atoms with Crippen LogP contribution in [0.4, 0.5) is 11.8 Å². The molecule has 1 aliphatic rings. The Morgan fingerprint density at radius 3 is 3.17 bits per heavy atom. The number of rotatable bonds is 3. The van der Waals surface area contributed by atoms with Crippen molar-refractivity contribution in [2.24, 2.45) is 5.84 Å². The zero-order chi connectivity index (χ0) is 12.4. The second-order valence-electron chi connectivity index (χ2n) is 4.23. The van der Waals surface area contributed by atoms with Crippen molar-refractivity contribution in [2.75, 3.05) is 22.2 Å². The van der Waals surface area contributed by atoms with Crippen LogP contribution >= 0.6 is 11.8 Å². The minimum absolute atomic E-state index is 0.387. The first-order chi connectivity index (χ1) is 8.86. The summed E-state index contributed by atoms with van der Waals surface area (Å²) in [5.74, 6) is 8.90. The van der Waals surface area contributed by atoms with Gasteiger partial charge in [0.15, 0.2) is 5.65 Å². The predicted octanol–water partition coefficient (Wildman–Crippen LogP) is 0.946. The lowest BCUT2D eigenvalue weighted by molar-refractivity contribution is 0.683. The maximum Gasteiger partial charge on any atom is 0.241 e. The Kier molecular flexibility index (Phi) is 3.20. The largest absolute Gasteiger partial charge is 0.366 e. The van der Waals surface area contributed by atoms with Crippen LogP contribution in [0.5, 0.6) is 0 Å². The highest BCUT2D eigenvalue weighted by Crippen LogP contribution is 2.24. The molecule has 96 valence electrons. The van der Waals surface area contributed by atoms with Gasteiger partial charge in [0.05, 0.1) is 11.6 Å². The number of hydrogen-bond acceptors (Lipinski definition) is 7. The number of hydrazine groups is 1. The summed E-state index contributed by atoms with van der Waals surface area (Å²) in [7, 11) is 0. The molecule has 0 saturated carbocycles. The lowest BCUT2D eigenvalue weighted by Gasteiger charge is -2.23. The standard InChI is InChI=1S/C10H15N7S/c11-16-10-14-8(7-4-12-17-9(7)15-10)13-6-2-1-3-18-5-6/h4,6H,1-3,5,11H2,(H3,12,13,14,15,16,17). The molecule has 2 aromatic rings. The number of fused-ring (bicyclic) bond motifs is 1. The molecule has 5 N–H and O–H groups in total. The highest BCUT2D eigenvalue weighted by molar-refractivity contribution is 7.99. The second-order valence-corrected chi connectivity index (χ2v) is 5.38. The van der Waals surface area contributed by atoms with E-state index in [-0.39, 0.29) is 0 Å². The first kappa shape index (κ1) is 11.5. The molecule has 3 rings (SSSR count). The lowest BCUT2D eigenvalue weighted by Crippen LogP contribution is -2.26. The normalized spacial score (nSPS) is 19.9. The fourth-order valence-corrected chi connectivity index (χ4v) is 3.13. The maximum atomic E-state index is 5.37. The number of nitrogens with one attached hydrogen (secondary N) is 3. The highest BCUT2D eigenvalue weighted by atomic mass is 32.2. The van der Waals surface area contributed by atoms with Gasteiger partial charge < -0.3 is 5.32 Å². The van der Waals surface area contributed by atoms with Gasteiger partial charge in [-0.25, -0.2) is 5.84 Å². The summed E-state index contributed by atoms with van der Waals surface area (Å²) < 4.78 is 0. The van der Waals surface area contributed by atoms with Gasteiger partial charge in [0.25, 0.3) is 0 Å². The number of aromatic amines is 1. The van der Waals surface area contributed by atoms with E-state index in [1.54, 1.807) is 6.20 Å². The molecule has 0 amide bonds. The summed E-state index contributed by atoms with van der Waals surface area (Å²) in [6, 6.07) is 0.447. The van der Waals surface area contributed by atoms with Crippen LogP contribution in [-0.2, 0) is 0 Å². The van der Waals surface area contributed by atoms with Crippen molar-refractivity contribution < 1.29 is 0 Å². The van der Waals surface area contributed by atoms with Crippen LogP contribution in [0.15, 0.2) is 6.20 Å². The van der Waals surface area contributed by atoms with Crippen LogP contribution in [-0.4, -0.2) is 37.7 Å². The fraction of sp³-hybridized carbons (Fsp3) is 0.500. The van der Waals surface area contributed by atoms with Crippen LogP contribution in [0, 0.1) is 0 Å². The van der Waals surface area contributed by atoms with Crippen molar-refractivity contribution in [2.45, 2.75) is 18.9 Å². The van der Waals surface area contributed by atoms with E-state index >= 15 is 0 Å². The second kappa shape index (κ2) is 4.99. The molecule has 1 aliphatic heterocycles. The quantitative estimate of drug-likeness (QED) is 0.483. The number of thioether (sulfide) groups is 1. The van der Waals surface area contributed by atoms with Crippen LogP contribution in [0.2, 0.25) is 0 Å². The van der Waals surface area contributed by atoms with Gasteiger partial charge in [-0.3, -0.25) is 10.5 Å². The maximum absolute atomic E-state index is 5.37. The summed E-state index contributed by atoms with van der Waals surface area (Å²) in [4.78, 5) is 8.56. The van der Waals surface area contributed by atoms with Gasteiger partial charge in [-0.05, 0) is 18.6 Å². The van der Waals surface area contributed by atoms with Crippen LogP contribution in [0.25, 0.3) is 11.0 Å². The number of anilines is 2. The molecular weight excluding hydrogens is 250 g/mol. The molecule has 0 radical (unpaired) electrons. The summed E-state index contributed by atoms with van der Waals surface area (Å²) in [6.07, 6.45) is 4.14. The third-order valence-electron chi connectivity index (χ3n) is 2.94. The number of nitrogens with zero attached hydrogens (tertiary/aromatic N) is 3. The van der Waals surface area contributed by atoms with E-state index in [9.17, 15) is 0 Å². The Labute approximate surface area is 108 Å². The predicted molar refractivity (Wildman–Crippen MR) is 73.5 cm³/mol. The van der Waals surface area contributed by atoms with E-state index in [2.05, 4.69) is 30.9 Å². The Balaban J connectivity index is 1.91. The number of nitrogen functional groups attached to an aromatic ring is 1. The summed E-state index contributed by atoms with van der Waals surface area (Å²) in [5.41, 5.74) is 3.16. The first-order valence-electron chi connectivity index (χ1n) is 5.89. The smallest absolute Gasteiger partial charge is 0.241 e. The van der Waals surface area contributed by atoms with Crippen molar-refractivity contribution in [1.82, 2.24) is 20.2 Å². The third-order valence-corrected chi connectivity index (χ3v) is 4.16. The molecule has 1 unspecified atom stereocenters. The van der Waals surface area contributed by atoms with E-state index in [0.717, 1.165) is 17.0 Å². The first-order valence-corrected chi connectivity index (χ1v) is 7.04.